The molecule has 0 aliphatic rings. The Morgan fingerprint density at radius 3 is 2.92 bits per heavy atom. The molecular formula is C7H12N2O3S. The maximum Gasteiger partial charge on any atom is 0.310 e. The maximum atomic E-state index is 11.2. The third-order valence-electron chi connectivity index (χ3n) is 1.44. The summed E-state index contributed by atoms with van der Waals surface area (Å²) in [6.07, 6.45) is 2.87. The molecule has 0 unspecified atom stereocenters. The fourth-order valence-corrected chi connectivity index (χ4v) is 1.88. The fraction of sp³-hybridized carbons (Fsp3) is 0.571. The standard InChI is InChI=1S/C7H12N2O3S/c1-2-3-6-13(10,11)12-7-4-5-8-9-7/h4-5H,2-3,6H2,1H3,(H,8,9). The number of nitrogens with zero attached hydrogens (tertiary/aromatic N) is 1. The van der Waals surface area contributed by atoms with Crippen molar-refractivity contribution in [2.75, 3.05) is 5.75 Å². The summed E-state index contributed by atoms with van der Waals surface area (Å²) in [6, 6.07) is 1.46. The van der Waals surface area contributed by atoms with Crippen LogP contribution in [0.1, 0.15) is 19.8 Å². The second-order valence-corrected chi connectivity index (χ2v) is 4.31. The van der Waals surface area contributed by atoms with Gasteiger partial charge in [0.2, 0.25) is 5.88 Å². The molecule has 13 heavy (non-hydrogen) atoms. The van der Waals surface area contributed by atoms with E-state index in [0.717, 1.165) is 6.42 Å². The van der Waals surface area contributed by atoms with Gasteiger partial charge in [-0.05, 0) is 6.42 Å². The van der Waals surface area contributed by atoms with Crippen LogP contribution in [0.3, 0.4) is 0 Å². The van der Waals surface area contributed by atoms with E-state index >= 15 is 0 Å². The first kappa shape index (κ1) is 10.0. The molecule has 0 aliphatic carbocycles. The first-order chi connectivity index (χ1) is 6.14. The van der Waals surface area contributed by atoms with E-state index in [1.807, 2.05) is 6.92 Å². The van der Waals surface area contributed by atoms with Crippen LogP contribution in [0.5, 0.6) is 5.88 Å². The quantitative estimate of drug-likeness (QED) is 0.724. The van der Waals surface area contributed by atoms with Crippen molar-refractivity contribution < 1.29 is 12.6 Å². The topological polar surface area (TPSA) is 72.1 Å². The number of aromatic nitrogens is 2. The van der Waals surface area contributed by atoms with Crippen molar-refractivity contribution in [1.82, 2.24) is 10.2 Å². The minimum Gasteiger partial charge on any atom is -0.362 e. The van der Waals surface area contributed by atoms with Crippen LogP contribution < -0.4 is 4.18 Å². The first-order valence-electron chi connectivity index (χ1n) is 4.05. The molecule has 0 radical (unpaired) electrons. The molecule has 0 aliphatic heterocycles. The van der Waals surface area contributed by atoms with Gasteiger partial charge in [0.1, 0.15) is 0 Å². The fourth-order valence-electron chi connectivity index (χ4n) is 0.789. The summed E-state index contributed by atoms with van der Waals surface area (Å²) in [5.74, 6) is 0.207. The Labute approximate surface area is 77.2 Å². The smallest absolute Gasteiger partial charge is 0.310 e. The Morgan fingerprint density at radius 2 is 2.38 bits per heavy atom. The molecule has 0 aromatic carbocycles. The highest BCUT2D eigenvalue weighted by Gasteiger charge is 2.12. The normalized spacial score (nSPS) is 11.5. The van der Waals surface area contributed by atoms with Crippen molar-refractivity contribution in [3.8, 4) is 5.88 Å². The lowest BCUT2D eigenvalue weighted by atomic mass is 10.4. The molecule has 0 saturated carbocycles. The number of unbranched alkanes of at least 4 members (excludes halogenated alkanes) is 1. The minimum atomic E-state index is -3.44. The molecule has 74 valence electrons. The number of hydrogen-bond acceptors (Lipinski definition) is 4. The summed E-state index contributed by atoms with van der Waals surface area (Å²) in [5, 5.41) is 5.99. The van der Waals surface area contributed by atoms with Gasteiger partial charge in [-0.3, -0.25) is 0 Å². The van der Waals surface area contributed by atoms with Crippen LogP contribution in [-0.4, -0.2) is 24.4 Å². The summed E-state index contributed by atoms with van der Waals surface area (Å²) in [6.45, 7) is 1.92. The van der Waals surface area contributed by atoms with Gasteiger partial charge in [-0.2, -0.15) is 13.5 Å². The molecule has 0 spiro atoms. The minimum absolute atomic E-state index is 0.0442. The van der Waals surface area contributed by atoms with Crippen molar-refractivity contribution in [1.29, 1.82) is 0 Å². The van der Waals surface area contributed by atoms with Crippen molar-refractivity contribution in [3.63, 3.8) is 0 Å². The average Bonchev–Trinajstić information content (AvgIpc) is 2.52. The molecule has 0 amide bonds. The number of rotatable bonds is 5. The summed E-state index contributed by atoms with van der Waals surface area (Å²) < 4.78 is 27.1. The Morgan fingerprint density at radius 1 is 1.62 bits per heavy atom. The lowest BCUT2D eigenvalue weighted by Gasteiger charge is -2.02. The lowest BCUT2D eigenvalue weighted by molar-refractivity contribution is 0.473. The van der Waals surface area contributed by atoms with E-state index in [9.17, 15) is 8.42 Å². The van der Waals surface area contributed by atoms with Gasteiger partial charge in [0, 0.05) is 6.07 Å². The van der Waals surface area contributed by atoms with Crippen molar-refractivity contribution >= 4 is 10.1 Å². The van der Waals surface area contributed by atoms with E-state index in [1.54, 1.807) is 0 Å². The molecule has 0 bridgehead atoms. The second kappa shape index (κ2) is 4.27. The van der Waals surface area contributed by atoms with E-state index in [-0.39, 0.29) is 11.6 Å². The zero-order chi connectivity index (χ0) is 9.73. The van der Waals surface area contributed by atoms with Crippen LogP contribution in [0.25, 0.3) is 0 Å². The monoisotopic (exact) mass is 204 g/mol. The van der Waals surface area contributed by atoms with Crippen LogP contribution in [0.4, 0.5) is 0 Å². The number of H-pyrrole nitrogens is 1. The Kier molecular flexibility index (Phi) is 3.30. The molecule has 0 saturated heterocycles. The molecular weight excluding hydrogens is 192 g/mol. The molecule has 5 nitrogen and oxygen atoms in total. The van der Waals surface area contributed by atoms with Gasteiger partial charge in [-0.25, -0.2) is 5.10 Å². The predicted octanol–water partition coefficient (Wildman–Crippen LogP) is 0.918. The van der Waals surface area contributed by atoms with Crippen molar-refractivity contribution in [2.24, 2.45) is 0 Å². The van der Waals surface area contributed by atoms with Crippen molar-refractivity contribution in [3.05, 3.63) is 12.3 Å². The number of aromatic amines is 1. The largest absolute Gasteiger partial charge is 0.362 e. The molecule has 1 heterocycles. The molecule has 0 fully saturated rings. The lowest BCUT2D eigenvalue weighted by Crippen LogP contribution is -2.13. The molecule has 1 N–H and O–H groups in total. The van der Waals surface area contributed by atoms with E-state index < -0.39 is 10.1 Å². The summed E-state index contributed by atoms with van der Waals surface area (Å²) >= 11 is 0. The van der Waals surface area contributed by atoms with Gasteiger partial charge in [-0.15, -0.1) is 0 Å². The summed E-state index contributed by atoms with van der Waals surface area (Å²) in [7, 11) is -3.44. The van der Waals surface area contributed by atoms with Crippen LogP contribution in [-0.2, 0) is 10.1 Å². The zero-order valence-electron chi connectivity index (χ0n) is 7.36. The van der Waals surface area contributed by atoms with E-state index in [2.05, 4.69) is 10.2 Å². The molecule has 1 aromatic rings. The van der Waals surface area contributed by atoms with Crippen LogP contribution >= 0.6 is 0 Å². The van der Waals surface area contributed by atoms with Crippen LogP contribution in [0.15, 0.2) is 12.3 Å². The highest BCUT2D eigenvalue weighted by atomic mass is 32.2. The third-order valence-corrected chi connectivity index (χ3v) is 2.66. The Bertz CT molecular complexity index is 331. The van der Waals surface area contributed by atoms with Gasteiger partial charge in [0.05, 0.1) is 11.9 Å². The Balaban J connectivity index is 2.53. The Hall–Kier alpha value is -1.04. The van der Waals surface area contributed by atoms with E-state index in [4.69, 9.17) is 4.18 Å². The maximum absolute atomic E-state index is 11.2. The first-order valence-corrected chi connectivity index (χ1v) is 5.63. The summed E-state index contributed by atoms with van der Waals surface area (Å²) in [4.78, 5) is 0. The average molecular weight is 204 g/mol. The van der Waals surface area contributed by atoms with E-state index in [0.29, 0.717) is 6.42 Å². The van der Waals surface area contributed by atoms with E-state index in [1.165, 1.54) is 12.3 Å². The highest BCUT2D eigenvalue weighted by molar-refractivity contribution is 7.87. The molecule has 6 heteroatoms. The van der Waals surface area contributed by atoms with Crippen LogP contribution in [0, 0.1) is 0 Å². The number of nitrogens with one attached hydrogen (secondary N) is 1. The SMILES string of the molecule is CCCCS(=O)(=O)Oc1ccn[nH]1. The third kappa shape index (κ3) is 3.45. The van der Waals surface area contributed by atoms with Gasteiger partial charge in [-0.1, -0.05) is 13.3 Å². The van der Waals surface area contributed by atoms with Gasteiger partial charge >= 0.3 is 10.1 Å². The van der Waals surface area contributed by atoms with Crippen LogP contribution in [0.2, 0.25) is 0 Å². The molecule has 1 aromatic heterocycles. The zero-order valence-corrected chi connectivity index (χ0v) is 8.17. The molecule has 0 atom stereocenters. The highest BCUT2D eigenvalue weighted by Crippen LogP contribution is 2.07. The predicted molar refractivity (Wildman–Crippen MR) is 47.9 cm³/mol. The second-order valence-electron chi connectivity index (χ2n) is 2.62. The summed E-state index contributed by atoms with van der Waals surface area (Å²) in [5.41, 5.74) is 0. The van der Waals surface area contributed by atoms with Gasteiger partial charge in [0.15, 0.2) is 0 Å². The van der Waals surface area contributed by atoms with Crippen molar-refractivity contribution in [2.45, 2.75) is 19.8 Å². The van der Waals surface area contributed by atoms with Gasteiger partial charge in [0.25, 0.3) is 0 Å². The van der Waals surface area contributed by atoms with Gasteiger partial charge < -0.3 is 4.18 Å². The molecule has 1 rings (SSSR count). The number of hydrogen-bond donors (Lipinski definition) is 1.